The summed E-state index contributed by atoms with van der Waals surface area (Å²) < 4.78 is 16.7. The summed E-state index contributed by atoms with van der Waals surface area (Å²) in [6, 6.07) is 0. The van der Waals surface area contributed by atoms with E-state index in [1.807, 2.05) is 0 Å². The topological polar surface area (TPSA) is 78.9 Å². The third kappa shape index (κ3) is 49.5. The molecule has 0 saturated heterocycles. The number of allylic oxidation sites excluding steroid dienone is 14. The highest BCUT2D eigenvalue weighted by atomic mass is 16.6. The number of carbonyl (C=O) groups excluding carboxylic acids is 3. The van der Waals surface area contributed by atoms with Gasteiger partial charge in [0.25, 0.3) is 0 Å². The molecule has 0 aromatic carbocycles. The Bertz CT molecular complexity index is 1240. The molecule has 0 aliphatic carbocycles. The molecule has 1 atom stereocenters. The molecule has 0 amide bonds. The molecule has 0 aliphatic heterocycles. The van der Waals surface area contributed by atoms with Crippen LogP contribution in [-0.4, -0.2) is 37.2 Å². The quantitative estimate of drug-likeness (QED) is 0.0262. The molecule has 0 heterocycles. The van der Waals surface area contributed by atoms with Gasteiger partial charge in [0.15, 0.2) is 6.10 Å². The molecule has 0 aromatic rings. The first kappa shape index (κ1) is 59.6. The highest BCUT2D eigenvalue weighted by molar-refractivity contribution is 5.71. The summed E-state index contributed by atoms with van der Waals surface area (Å²) in [5.41, 5.74) is 0. The van der Waals surface area contributed by atoms with E-state index >= 15 is 0 Å². The van der Waals surface area contributed by atoms with Crippen molar-refractivity contribution in [2.24, 2.45) is 0 Å². The van der Waals surface area contributed by atoms with Gasteiger partial charge in [-0.15, -0.1) is 0 Å². The molecule has 0 bridgehead atoms. The van der Waals surface area contributed by atoms with E-state index in [1.165, 1.54) is 70.6 Å². The molecule has 360 valence electrons. The lowest BCUT2D eigenvalue weighted by molar-refractivity contribution is -0.167. The zero-order valence-corrected chi connectivity index (χ0v) is 41.1. The van der Waals surface area contributed by atoms with Crippen LogP contribution in [0.25, 0.3) is 0 Å². The van der Waals surface area contributed by atoms with Gasteiger partial charge in [-0.05, 0) is 109 Å². The molecular formula is C57H96O6. The van der Waals surface area contributed by atoms with Crippen molar-refractivity contribution in [1.82, 2.24) is 0 Å². The molecule has 0 N–H and O–H groups in total. The summed E-state index contributed by atoms with van der Waals surface area (Å²) in [5.74, 6) is -0.953. The van der Waals surface area contributed by atoms with Crippen molar-refractivity contribution in [3.05, 3.63) is 85.1 Å². The van der Waals surface area contributed by atoms with Crippen LogP contribution in [0.2, 0.25) is 0 Å². The van der Waals surface area contributed by atoms with Gasteiger partial charge in [-0.2, -0.15) is 0 Å². The van der Waals surface area contributed by atoms with E-state index in [1.54, 1.807) is 0 Å². The zero-order valence-electron chi connectivity index (χ0n) is 41.1. The molecule has 1 unspecified atom stereocenters. The molecule has 0 aliphatic rings. The SMILES string of the molecule is CC/C=C\C/C=C\C/C=C\C/C=C\C/C=C\CCCCCC(=O)OCC(COC(=O)CCCCCC/C=C\CCCC)OC(=O)CCCCCCC/C=C\CCCCCCCCC. The van der Waals surface area contributed by atoms with Crippen molar-refractivity contribution in [3.8, 4) is 0 Å². The van der Waals surface area contributed by atoms with Crippen molar-refractivity contribution in [2.75, 3.05) is 13.2 Å². The lowest BCUT2D eigenvalue weighted by Crippen LogP contribution is -2.30. The molecular weight excluding hydrogens is 781 g/mol. The van der Waals surface area contributed by atoms with Gasteiger partial charge >= 0.3 is 17.9 Å². The first-order valence-electron chi connectivity index (χ1n) is 26.1. The van der Waals surface area contributed by atoms with E-state index in [2.05, 4.69) is 106 Å². The highest BCUT2D eigenvalue weighted by Crippen LogP contribution is 2.13. The van der Waals surface area contributed by atoms with Crippen molar-refractivity contribution in [1.29, 1.82) is 0 Å². The second kappa shape index (κ2) is 51.2. The van der Waals surface area contributed by atoms with E-state index in [4.69, 9.17) is 14.2 Å². The third-order valence-electron chi connectivity index (χ3n) is 10.9. The van der Waals surface area contributed by atoms with Gasteiger partial charge in [-0.25, -0.2) is 0 Å². The summed E-state index contributed by atoms with van der Waals surface area (Å²) in [6.07, 6.45) is 65.7. The van der Waals surface area contributed by atoms with Gasteiger partial charge in [0.2, 0.25) is 0 Å². The van der Waals surface area contributed by atoms with E-state index < -0.39 is 6.10 Å². The normalized spacial score (nSPS) is 12.7. The van der Waals surface area contributed by atoms with Crippen LogP contribution in [0.15, 0.2) is 85.1 Å². The van der Waals surface area contributed by atoms with Gasteiger partial charge in [0, 0.05) is 19.3 Å². The number of carbonyl (C=O) groups is 3. The monoisotopic (exact) mass is 877 g/mol. The first-order valence-corrected chi connectivity index (χ1v) is 26.1. The Balaban J connectivity index is 4.43. The summed E-state index contributed by atoms with van der Waals surface area (Å²) in [4.78, 5) is 37.9. The second-order valence-corrected chi connectivity index (χ2v) is 17.0. The Kier molecular flexibility index (Phi) is 48.5. The number of hydrogen-bond donors (Lipinski definition) is 0. The van der Waals surface area contributed by atoms with Crippen LogP contribution in [0.3, 0.4) is 0 Å². The van der Waals surface area contributed by atoms with E-state index in [9.17, 15) is 14.4 Å². The van der Waals surface area contributed by atoms with Crippen molar-refractivity contribution < 1.29 is 28.6 Å². The summed E-state index contributed by atoms with van der Waals surface area (Å²) in [6.45, 7) is 6.43. The largest absolute Gasteiger partial charge is 0.462 e. The predicted molar refractivity (Wildman–Crippen MR) is 270 cm³/mol. The maximum atomic E-state index is 12.8. The van der Waals surface area contributed by atoms with Crippen LogP contribution in [0.5, 0.6) is 0 Å². The van der Waals surface area contributed by atoms with Crippen LogP contribution in [0, 0.1) is 0 Å². The van der Waals surface area contributed by atoms with Crippen molar-refractivity contribution in [3.63, 3.8) is 0 Å². The van der Waals surface area contributed by atoms with Crippen molar-refractivity contribution >= 4 is 17.9 Å². The van der Waals surface area contributed by atoms with Crippen LogP contribution >= 0.6 is 0 Å². The fourth-order valence-corrected chi connectivity index (χ4v) is 6.91. The maximum absolute atomic E-state index is 12.8. The van der Waals surface area contributed by atoms with Gasteiger partial charge in [0.1, 0.15) is 13.2 Å². The van der Waals surface area contributed by atoms with E-state index in [0.29, 0.717) is 19.3 Å². The molecule has 63 heavy (non-hydrogen) atoms. The molecule has 0 radical (unpaired) electrons. The fourth-order valence-electron chi connectivity index (χ4n) is 6.91. The zero-order chi connectivity index (χ0) is 45.8. The summed E-state index contributed by atoms with van der Waals surface area (Å²) in [5, 5.41) is 0. The summed E-state index contributed by atoms with van der Waals surface area (Å²) in [7, 11) is 0. The van der Waals surface area contributed by atoms with E-state index in [0.717, 1.165) is 128 Å². The molecule has 0 rings (SSSR count). The Labute approximate surface area is 388 Å². The molecule has 6 heteroatoms. The number of esters is 3. The smallest absolute Gasteiger partial charge is 0.306 e. The lowest BCUT2D eigenvalue weighted by atomic mass is 10.1. The molecule has 0 aromatic heterocycles. The Morgan fingerprint density at radius 2 is 0.635 bits per heavy atom. The van der Waals surface area contributed by atoms with Crippen molar-refractivity contribution in [2.45, 2.75) is 245 Å². The Hall–Kier alpha value is -3.41. The van der Waals surface area contributed by atoms with E-state index in [-0.39, 0.29) is 31.1 Å². The minimum atomic E-state index is -0.798. The molecule has 0 saturated carbocycles. The van der Waals surface area contributed by atoms with Gasteiger partial charge < -0.3 is 14.2 Å². The van der Waals surface area contributed by atoms with Crippen LogP contribution in [0.4, 0.5) is 0 Å². The Morgan fingerprint density at radius 3 is 1.05 bits per heavy atom. The fraction of sp³-hybridized carbons (Fsp3) is 0.702. The highest BCUT2D eigenvalue weighted by Gasteiger charge is 2.19. The number of rotatable bonds is 46. The van der Waals surface area contributed by atoms with Crippen LogP contribution in [-0.2, 0) is 28.6 Å². The molecule has 6 nitrogen and oxygen atoms in total. The van der Waals surface area contributed by atoms with Gasteiger partial charge in [0.05, 0.1) is 0 Å². The lowest BCUT2D eigenvalue weighted by Gasteiger charge is -2.18. The average molecular weight is 877 g/mol. The second-order valence-electron chi connectivity index (χ2n) is 17.0. The third-order valence-corrected chi connectivity index (χ3v) is 10.9. The number of hydrogen-bond acceptors (Lipinski definition) is 6. The van der Waals surface area contributed by atoms with Gasteiger partial charge in [-0.3, -0.25) is 14.4 Å². The maximum Gasteiger partial charge on any atom is 0.306 e. The standard InChI is InChI=1S/C57H96O6/c1-4-7-10-13-16-19-22-24-26-28-29-30-32-33-35-38-41-44-47-50-56(59)62-53-54(52-61-55(58)49-46-43-40-37-21-18-15-12-9-6-3)63-57(60)51-48-45-42-39-36-34-31-27-25-23-20-17-14-11-8-5-2/h7,10,15-16,18-19,24,26-27,29-31,33,35,54H,4-6,8-9,11-14,17,20-23,25,28,32,34,36-53H2,1-3H3/b10-7-,18-15-,19-16-,26-24-,30-29-,31-27-,35-33-. The number of ether oxygens (including phenoxy) is 3. The molecule has 0 spiro atoms. The first-order chi connectivity index (χ1) is 31.0. The minimum absolute atomic E-state index is 0.0971. The average Bonchev–Trinajstić information content (AvgIpc) is 3.28. The van der Waals surface area contributed by atoms with Gasteiger partial charge in [-0.1, -0.05) is 196 Å². The van der Waals surface area contributed by atoms with Crippen LogP contribution < -0.4 is 0 Å². The Morgan fingerprint density at radius 1 is 0.333 bits per heavy atom. The number of unbranched alkanes of at least 4 members (excludes halogenated alkanes) is 21. The minimum Gasteiger partial charge on any atom is -0.462 e. The predicted octanol–water partition coefficient (Wildman–Crippen LogP) is 17.2. The molecule has 0 fully saturated rings. The van der Waals surface area contributed by atoms with Crippen LogP contribution in [0.1, 0.15) is 239 Å². The summed E-state index contributed by atoms with van der Waals surface area (Å²) >= 11 is 0.